The highest BCUT2D eigenvalue weighted by Crippen LogP contribution is 2.39. The van der Waals surface area contributed by atoms with E-state index in [0.717, 1.165) is 4.68 Å². The summed E-state index contributed by atoms with van der Waals surface area (Å²) in [6, 6.07) is 2.97. The van der Waals surface area contributed by atoms with Crippen molar-refractivity contribution in [3.63, 3.8) is 0 Å². The topological polar surface area (TPSA) is 102 Å². The van der Waals surface area contributed by atoms with E-state index in [4.69, 9.17) is 9.72 Å². The summed E-state index contributed by atoms with van der Waals surface area (Å²) in [6.45, 7) is 5.33. The molecule has 178 valence electrons. The van der Waals surface area contributed by atoms with E-state index in [1.54, 1.807) is 25.3 Å². The van der Waals surface area contributed by atoms with Gasteiger partial charge in [-0.05, 0) is 38.5 Å². The van der Waals surface area contributed by atoms with Crippen LogP contribution in [0.2, 0.25) is 0 Å². The number of hydrogen-bond acceptors (Lipinski definition) is 6. The number of hydrogen-bond donors (Lipinski definition) is 1. The monoisotopic (exact) mass is 470 g/mol. The molecule has 0 saturated heterocycles. The molecule has 0 fully saturated rings. The Labute approximate surface area is 194 Å². The molecule has 1 aliphatic rings. The van der Waals surface area contributed by atoms with Gasteiger partial charge in [-0.3, -0.25) is 19.2 Å². The average molecular weight is 470 g/mol. The number of carbonyl (C=O) groups is 2. The van der Waals surface area contributed by atoms with Gasteiger partial charge in [-0.15, -0.1) is 0 Å². The van der Waals surface area contributed by atoms with Crippen molar-refractivity contribution in [2.45, 2.75) is 39.8 Å². The number of anilines is 1. The summed E-state index contributed by atoms with van der Waals surface area (Å²) in [5, 5.41) is 6.68. The van der Waals surface area contributed by atoms with E-state index in [1.165, 1.54) is 24.4 Å². The summed E-state index contributed by atoms with van der Waals surface area (Å²) in [7, 11) is 1.44. The number of halogens is 2. The Morgan fingerprint density at radius 2 is 2.06 bits per heavy atom. The number of alkyl halides is 2. The Bertz CT molecular complexity index is 1260. The fourth-order valence-electron chi connectivity index (χ4n) is 4.08. The summed E-state index contributed by atoms with van der Waals surface area (Å²) in [4.78, 5) is 36.2. The van der Waals surface area contributed by atoms with Gasteiger partial charge in [-0.25, -0.2) is 18.7 Å². The molecule has 0 aromatic carbocycles. The second kappa shape index (κ2) is 9.16. The predicted octanol–water partition coefficient (Wildman–Crippen LogP) is 3.39. The average Bonchev–Trinajstić information content (AvgIpc) is 3.34. The summed E-state index contributed by atoms with van der Waals surface area (Å²) in [5.41, 5.74) is 3.55. The largest absolute Gasteiger partial charge is 0.480 e. The molecule has 0 radical (unpaired) electrons. The first-order valence-electron chi connectivity index (χ1n) is 10.7. The first-order valence-corrected chi connectivity index (χ1v) is 10.7. The molecule has 2 amide bonds. The summed E-state index contributed by atoms with van der Waals surface area (Å²) in [6.07, 6.45) is 1.83. The van der Waals surface area contributed by atoms with Crippen LogP contribution in [0.3, 0.4) is 0 Å². The molecule has 3 aromatic rings. The van der Waals surface area contributed by atoms with E-state index in [0.29, 0.717) is 40.3 Å². The van der Waals surface area contributed by atoms with Gasteiger partial charge in [0, 0.05) is 24.5 Å². The van der Waals surface area contributed by atoms with Crippen molar-refractivity contribution < 1.29 is 23.1 Å². The third-order valence-electron chi connectivity index (χ3n) is 5.61. The van der Waals surface area contributed by atoms with Gasteiger partial charge >= 0.3 is 0 Å². The number of fused-ring (bicyclic) bond motifs is 1. The summed E-state index contributed by atoms with van der Waals surface area (Å²) < 4.78 is 31.8. The highest BCUT2D eigenvalue weighted by molar-refractivity contribution is 6.11. The van der Waals surface area contributed by atoms with Gasteiger partial charge in [0.2, 0.25) is 5.88 Å². The van der Waals surface area contributed by atoms with Crippen molar-refractivity contribution in [1.29, 1.82) is 0 Å². The Balaban J connectivity index is 1.72. The van der Waals surface area contributed by atoms with Gasteiger partial charge in [0.25, 0.3) is 18.2 Å². The second-order valence-electron chi connectivity index (χ2n) is 7.89. The fraction of sp³-hybridized carbons (Fsp3) is 0.348. The number of aryl methyl sites for hydroxylation is 1. The predicted molar refractivity (Wildman–Crippen MR) is 120 cm³/mol. The van der Waals surface area contributed by atoms with E-state index < -0.39 is 19.0 Å². The van der Waals surface area contributed by atoms with Crippen LogP contribution in [0.25, 0.3) is 11.3 Å². The number of ether oxygens (including phenoxy) is 1. The van der Waals surface area contributed by atoms with Gasteiger partial charge in [-0.2, -0.15) is 5.10 Å². The van der Waals surface area contributed by atoms with Gasteiger partial charge < -0.3 is 10.1 Å². The van der Waals surface area contributed by atoms with Gasteiger partial charge in [0.05, 0.1) is 42.0 Å². The van der Waals surface area contributed by atoms with Crippen molar-refractivity contribution in [3.05, 3.63) is 53.1 Å². The highest BCUT2D eigenvalue weighted by Gasteiger charge is 2.38. The molecule has 9 nitrogen and oxygen atoms in total. The molecule has 1 atom stereocenters. The zero-order valence-electron chi connectivity index (χ0n) is 19.2. The molecule has 0 bridgehead atoms. The van der Waals surface area contributed by atoms with Crippen molar-refractivity contribution in [3.8, 4) is 17.1 Å². The van der Waals surface area contributed by atoms with Crippen LogP contribution < -0.4 is 15.0 Å². The fourth-order valence-corrected chi connectivity index (χ4v) is 4.08. The van der Waals surface area contributed by atoms with E-state index in [9.17, 15) is 18.4 Å². The lowest BCUT2D eigenvalue weighted by atomic mass is 10.0. The van der Waals surface area contributed by atoms with Crippen LogP contribution in [0.15, 0.2) is 30.7 Å². The third-order valence-corrected chi connectivity index (χ3v) is 5.61. The molecule has 1 N–H and O–H groups in total. The molecule has 1 aliphatic heterocycles. The van der Waals surface area contributed by atoms with Crippen LogP contribution in [0, 0.1) is 6.92 Å². The lowest BCUT2D eigenvalue weighted by molar-refractivity contribution is 0.0950. The minimum atomic E-state index is -2.55. The lowest BCUT2D eigenvalue weighted by Gasteiger charge is -2.19. The van der Waals surface area contributed by atoms with Crippen LogP contribution in [0.4, 0.5) is 14.5 Å². The number of aromatic nitrogens is 4. The minimum Gasteiger partial charge on any atom is -0.480 e. The van der Waals surface area contributed by atoms with Crippen LogP contribution in [-0.2, 0) is 6.54 Å². The first-order chi connectivity index (χ1) is 16.2. The van der Waals surface area contributed by atoms with Crippen LogP contribution in [0.1, 0.15) is 51.9 Å². The number of pyridine rings is 2. The molecule has 3 aromatic heterocycles. The smallest absolute Gasteiger partial charge is 0.261 e. The number of nitrogens with zero attached hydrogens (tertiary/aromatic N) is 5. The standard InChI is InChI=1S/C23H24F2N6O3/c1-5-26-21(32)16-7-14(8-27-22(16)34-4)17-6-12(2)19-20(29-17)13(3)31(23(19)33)15-9-28-30(10-15)11-18(24)25/h6-10,13,18H,5,11H2,1-4H3,(H,26,32). The molecule has 0 spiro atoms. The zero-order valence-corrected chi connectivity index (χ0v) is 19.2. The summed E-state index contributed by atoms with van der Waals surface area (Å²) in [5.74, 6) is -0.392. The number of rotatable bonds is 7. The van der Waals surface area contributed by atoms with Crippen molar-refractivity contribution in [2.24, 2.45) is 0 Å². The number of carbonyl (C=O) groups excluding carboxylic acids is 2. The van der Waals surface area contributed by atoms with Gasteiger partial charge in [-0.1, -0.05) is 0 Å². The molecule has 1 unspecified atom stereocenters. The maximum absolute atomic E-state index is 13.2. The van der Waals surface area contributed by atoms with Gasteiger partial charge in [0.15, 0.2) is 0 Å². The molecule has 4 rings (SSSR count). The van der Waals surface area contributed by atoms with E-state index in [-0.39, 0.29) is 23.3 Å². The highest BCUT2D eigenvalue weighted by atomic mass is 19.3. The molecule has 11 heteroatoms. The molecule has 0 saturated carbocycles. The van der Waals surface area contributed by atoms with E-state index >= 15 is 0 Å². The second-order valence-corrected chi connectivity index (χ2v) is 7.89. The number of amides is 2. The molecular weight excluding hydrogens is 446 g/mol. The van der Waals surface area contributed by atoms with Crippen molar-refractivity contribution in [1.82, 2.24) is 25.1 Å². The normalized spacial score (nSPS) is 15.1. The molecular formula is C23H24F2N6O3. The SMILES string of the molecule is CCNC(=O)c1cc(-c2cc(C)c3c(n2)C(C)N(c2cnn(CC(F)F)c2)C3=O)cnc1OC. The molecule has 4 heterocycles. The Morgan fingerprint density at radius 1 is 1.29 bits per heavy atom. The van der Waals surface area contributed by atoms with Crippen molar-refractivity contribution in [2.75, 3.05) is 18.6 Å². The van der Waals surface area contributed by atoms with Crippen LogP contribution in [-0.4, -0.2) is 51.6 Å². The first kappa shape index (κ1) is 23.3. The zero-order chi connectivity index (χ0) is 24.6. The van der Waals surface area contributed by atoms with Crippen LogP contribution in [0.5, 0.6) is 5.88 Å². The number of nitrogens with one attached hydrogen (secondary N) is 1. The Kier molecular flexibility index (Phi) is 6.27. The maximum atomic E-state index is 13.2. The van der Waals surface area contributed by atoms with E-state index in [2.05, 4.69) is 15.4 Å². The van der Waals surface area contributed by atoms with E-state index in [1.807, 2.05) is 13.8 Å². The summed E-state index contributed by atoms with van der Waals surface area (Å²) >= 11 is 0. The molecule has 0 aliphatic carbocycles. The molecule has 34 heavy (non-hydrogen) atoms. The number of methoxy groups -OCH3 is 1. The maximum Gasteiger partial charge on any atom is 0.261 e. The quantitative estimate of drug-likeness (QED) is 0.568. The Morgan fingerprint density at radius 3 is 2.74 bits per heavy atom. The van der Waals surface area contributed by atoms with Gasteiger partial charge in [0.1, 0.15) is 12.1 Å². The third kappa shape index (κ3) is 4.09. The van der Waals surface area contributed by atoms with Crippen LogP contribution >= 0.6 is 0 Å². The minimum absolute atomic E-state index is 0.197. The lowest BCUT2D eigenvalue weighted by Crippen LogP contribution is -2.26. The Hall–Kier alpha value is -3.89. The van der Waals surface area contributed by atoms with Crippen molar-refractivity contribution >= 4 is 17.5 Å².